The van der Waals surface area contributed by atoms with Gasteiger partial charge in [0, 0.05) is 6.07 Å². The third-order valence-electron chi connectivity index (χ3n) is 2.31. The molecule has 1 heterocycles. The number of nitrogens with zero attached hydrogens (tertiary/aromatic N) is 1. The van der Waals surface area contributed by atoms with Gasteiger partial charge in [0.15, 0.2) is 0 Å². The second-order valence-electron chi connectivity index (χ2n) is 3.39. The van der Waals surface area contributed by atoms with Gasteiger partial charge in [-0.3, -0.25) is 0 Å². The van der Waals surface area contributed by atoms with E-state index in [1.807, 2.05) is 42.5 Å². The number of aromatic nitrogens is 1. The highest BCUT2D eigenvalue weighted by atomic mass is 35.5. The maximum Gasteiger partial charge on any atom is 0.213 e. The van der Waals surface area contributed by atoms with Crippen LogP contribution in [0.4, 0.5) is 0 Å². The molecule has 0 radical (unpaired) electrons. The predicted molar refractivity (Wildman–Crippen MR) is 65.8 cm³/mol. The Morgan fingerprint density at radius 2 is 1.88 bits per heavy atom. The highest BCUT2D eigenvalue weighted by Gasteiger charge is 2.03. The topological polar surface area (TPSA) is 22.1 Å². The highest BCUT2D eigenvalue weighted by Crippen LogP contribution is 2.24. The van der Waals surface area contributed by atoms with Gasteiger partial charge in [-0.2, -0.15) is 0 Å². The van der Waals surface area contributed by atoms with Crippen molar-refractivity contribution < 1.29 is 4.74 Å². The average Bonchev–Trinajstić information content (AvgIpc) is 2.39. The van der Waals surface area contributed by atoms with Crippen molar-refractivity contribution in [3.05, 3.63) is 48.2 Å². The van der Waals surface area contributed by atoms with Crippen LogP contribution in [0.15, 0.2) is 42.5 Å². The smallest absolute Gasteiger partial charge is 0.213 e. The average molecular weight is 234 g/mol. The number of hydrogen-bond acceptors (Lipinski definition) is 2. The second kappa shape index (κ2) is 4.99. The van der Waals surface area contributed by atoms with Gasteiger partial charge in [-0.05, 0) is 17.2 Å². The highest BCUT2D eigenvalue weighted by molar-refractivity contribution is 6.16. The molecule has 0 unspecified atom stereocenters. The molecule has 0 fully saturated rings. The van der Waals surface area contributed by atoms with Crippen LogP contribution in [0.3, 0.4) is 0 Å². The molecule has 3 heteroatoms. The zero-order valence-corrected chi connectivity index (χ0v) is 9.74. The van der Waals surface area contributed by atoms with Crippen LogP contribution in [-0.4, -0.2) is 12.1 Å². The van der Waals surface area contributed by atoms with E-state index in [0.29, 0.717) is 11.8 Å². The Hall–Kier alpha value is -1.54. The van der Waals surface area contributed by atoms with Gasteiger partial charge in [-0.1, -0.05) is 30.3 Å². The molecule has 0 amide bonds. The predicted octanol–water partition coefficient (Wildman–Crippen LogP) is 3.50. The van der Waals surface area contributed by atoms with Crippen molar-refractivity contribution in [1.29, 1.82) is 0 Å². The second-order valence-corrected chi connectivity index (χ2v) is 3.66. The van der Waals surface area contributed by atoms with Gasteiger partial charge in [-0.25, -0.2) is 4.98 Å². The molecule has 0 aliphatic heterocycles. The van der Waals surface area contributed by atoms with E-state index in [2.05, 4.69) is 4.98 Å². The van der Waals surface area contributed by atoms with Crippen molar-refractivity contribution >= 4 is 11.6 Å². The van der Waals surface area contributed by atoms with Crippen LogP contribution in [0.5, 0.6) is 5.88 Å². The Bertz CT molecular complexity index is 448. The first-order valence-corrected chi connectivity index (χ1v) is 5.53. The summed E-state index contributed by atoms with van der Waals surface area (Å²) in [4.78, 5) is 4.24. The summed E-state index contributed by atoms with van der Waals surface area (Å²) < 4.78 is 5.15. The lowest BCUT2D eigenvalue weighted by Crippen LogP contribution is -1.93. The third-order valence-corrected chi connectivity index (χ3v) is 2.58. The summed E-state index contributed by atoms with van der Waals surface area (Å²) in [6.45, 7) is 0. The van der Waals surface area contributed by atoms with Crippen molar-refractivity contribution in [3.63, 3.8) is 0 Å². The van der Waals surface area contributed by atoms with E-state index in [1.54, 1.807) is 7.11 Å². The summed E-state index contributed by atoms with van der Waals surface area (Å²) >= 11 is 5.80. The van der Waals surface area contributed by atoms with Crippen molar-refractivity contribution in [3.8, 4) is 17.0 Å². The van der Waals surface area contributed by atoms with Crippen LogP contribution >= 0.6 is 11.6 Å². The summed E-state index contributed by atoms with van der Waals surface area (Å²) in [6.07, 6.45) is 0. The minimum absolute atomic E-state index is 0.386. The van der Waals surface area contributed by atoms with E-state index in [4.69, 9.17) is 16.3 Å². The minimum Gasteiger partial charge on any atom is -0.481 e. The summed E-state index contributed by atoms with van der Waals surface area (Å²) in [7, 11) is 1.61. The van der Waals surface area contributed by atoms with E-state index in [0.717, 1.165) is 16.8 Å². The normalized spacial score (nSPS) is 10.1. The first-order chi connectivity index (χ1) is 7.83. The van der Waals surface area contributed by atoms with Gasteiger partial charge in [0.25, 0.3) is 0 Å². The summed E-state index contributed by atoms with van der Waals surface area (Å²) in [6, 6.07) is 14.0. The molecule has 0 atom stereocenters. The number of methoxy groups -OCH3 is 1. The van der Waals surface area contributed by atoms with E-state index in [1.165, 1.54) is 0 Å². The van der Waals surface area contributed by atoms with Crippen LogP contribution in [0.2, 0.25) is 0 Å². The van der Waals surface area contributed by atoms with Crippen LogP contribution < -0.4 is 4.74 Å². The standard InChI is InChI=1S/C13H12ClNO/c1-16-13-8-11(7-12(9-14)15-13)10-5-3-2-4-6-10/h2-8H,9H2,1H3. The first-order valence-electron chi connectivity index (χ1n) is 5.00. The number of halogens is 1. The molecule has 16 heavy (non-hydrogen) atoms. The van der Waals surface area contributed by atoms with Gasteiger partial charge in [0.05, 0.1) is 18.7 Å². The fraction of sp³-hybridized carbons (Fsp3) is 0.154. The summed E-state index contributed by atoms with van der Waals surface area (Å²) in [5.74, 6) is 0.980. The zero-order valence-electron chi connectivity index (χ0n) is 8.98. The van der Waals surface area contributed by atoms with Crippen molar-refractivity contribution in [2.75, 3.05) is 7.11 Å². The molecule has 2 rings (SSSR count). The fourth-order valence-electron chi connectivity index (χ4n) is 1.53. The lowest BCUT2D eigenvalue weighted by Gasteiger charge is -2.06. The molecule has 0 aliphatic carbocycles. The Balaban J connectivity index is 2.48. The van der Waals surface area contributed by atoms with Crippen LogP contribution in [0, 0.1) is 0 Å². The number of rotatable bonds is 3. The Labute approximate surface area is 99.9 Å². The van der Waals surface area contributed by atoms with Crippen LogP contribution in [-0.2, 0) is 5.88 Å². The Morgan fingerprint density at radius 1 is 1.12 bits per heavy atom. The lowest BCUT2D eigenvalue weighted by atomic mass is 10.1. The first kappa shape index (κ1) is 11.0. The molecule has 1 aromatic carbocycles. The molecular weight excluding hydrogens is 222 g/mol. The van der Waals surface area contributed by atoms with Crippen molar-refractivity contribution in [2.45, 2.75) is 5.88 Å². The third kappa shape index (κ3) is 2.34. The van der Waals surface area contributed by atoms with Crippen molar-refractivity contribution in [2.24, 2.45) is 0 Å². The van der Waals surface area contributed by atoms with E-state index < -0.39 is 0 Å². The molecule has 0 aliphatic rings. The largest absolute Gasteiger partial charge is 0.481 e. The monoisotopic (exact) mass is 233 g/mol. The molecule has 2 nitrogen and oxygen atoms in total. The molecule has 0 saturated heterocycles. The molecule has 2 aromatic rings. The van der Waals surface area contributed by atoms with Gasteiger partial charge >= 0.3 is 0 Å². The quantitative estimate of drug-likeness (QED) is 0.757. The molecule has 0 N–H and O–H groups in total. The van der Waals surface area contributed by atoms with Gasteiger partial charge < -0.3 is 4.74 Å². The maximum absolute atomic E-state index is 5.80. The lowest BCUT2D eigenvalue weighted by molar-refractivity contribution is 0.397. The summed E-state index contributed by atoms with van der Waals surface area (Å²) in [5.41, 5.74) is 3.03. The number of ether oxygens (including phenoxy) is 1. The summed E-state index contributed by atoms with van der Waals surface area (Å²) in [5, 5.41) is 0. The minimum atomic E-state index is 0.386. The van der Waals surface area contributed by atoms with Gasteiger partial charge in [0.2, 0.25) is 5.88 Å². The fourth-order valence-corrected chi connectivity index (χ4v) is 1.67. The van der Waals surface area contributed by atoms with Gasteiger partial charge in [-0.15, -0.1) is 11.6 Å². The SMILES string of the molecule is COc1cc(-c2ccccc2)cc(CCl)n1. The van der Waals surface area contributed by atoms with E-state index in [-0.39, 0.29) is 0 Å². The number of hydrogen-bond donors (Lipinski definition) is 0. The molecule has 0 saturated carbocycles. The molecule has 82 valence electrons. The number of benzene rings is 1. The number of pyridine rings is 1. The van der Waals surface area contributed by atoms with Crippen LogP contribution in [0.25, 0.3) is 11.1 Å². The molecule has 1 aromatic heterocycles. The van der Waals surface area contributed by atoms with Crippen LogP contribution in [0.1, 0.15) is 5.69 Å². The maximum atomic E-state index is 5.80. The van der Waals surface area contributed by atoms with E-state index >= 15 is 0 Å². The molecule has 0 bridgehead atoms. The molecule has 0 spiro atoms. The van der Waals surface area contributed by atoms with Gasteiger partial charge in [0.1, 0.15) is 0 Å². The zero-order chi connectivity index (χ0) is 11.4. The Morgan fingerprint density at radius 3 is 2.50 bits per heavy atom. The molecular formula is C13H12ClNO. The van der Waals surface area contributed by atoms with E-state index in [9.17, 15) is 0 Å². The number of alkyl halides is 1. The van der Waals surface area contributed by atoms with Crippen molar-refractivity contribution in [1.82, 2.24) is 4.98 Å². The Kier molecular flexibility index (Phi) is 3.42.